The number of aryl methyl sites for hydroxylation is 1. The third-order valence-electron chi connectivity index (χ3n) is 12.5. The Kier molecular flexibility index (Phi) is 14.3. The van der Waals surface area contributed by atoms with Crippen molar-refractivity contribution in [1.82, 2.24) is 14.8 Å². The highest BCUT2D eigenvalue weighted by molar-refractivity contribution is 6.00. The minimum Gasteiger partial charge on any atom is -0.458 e. The molecule has 310 valence electrons. The van der Waals surface area contributed by atoms with E-state index in [1.54, 1.807) is 25.7 Å². The summed E-state index contributed by atoms with van der Waals surface area (Å²) < 4.78 is 30.9. The number of para-hydroxylation sites is 1. The zero-order valence-corrected chi connectivity index (χ0v) is 34.8. The fraction of sp³-hybridized carbons (Fsp3) is 0.698. The summed E-state index contributed by atoms with van der Waals surface area (Å²) in [6, 6.07) is 9.02. The summed E-state index contributed by atoms with van der Waals surface area (Å²) in [5.41, 5.74) is 0.848. The largest absolute Gasteiger partial charge is 0.458 e. The number of cyclic esters (lactones) is 1. The van der Waals surface area contributed by atoms with E-state index in [0.717, 1.165) is 23.7 Å². The van der Waals surface area contributed by atoms with Crippen molar-refractivity contribution >= 4 is 34.5 Å². The van der Waals surface area contributed by atoms with Gasteiger partial charge in [0.05, 0.1) is 29.4 Å². The molecular weight excluding hydrogens is 718 g/mol. The number of benzene rings is 1. The molecule has 1 amide bonds. The first-order valence-corrected chi connectivity index (χ1v) is 20.3. The van der Waals surface area contributed by atoms with Gasteiger partial charge in [0.2, 0.25) is 0 Å². The van der Waals surface area contributed by atoms with Crippen LogP contribution in [0.1, 0.15) is 86.1 Å². The first-order chi connectivity index (χ1) is 26.5. The molecule has 1 N–H and O–H groups in total. The fourth-order valence-corrected chi connectivity index (χ4v) is 9.14. The normalized spacial score (nSPS) is 36.3. The number of hydrogen-bond donors (Lipinski definition) is 1. The summed E-state index contributed by atoms with van der Waals surface area (Å²) in [7, 11) is 5.25. The van der Waals surface area contributed by atoms with Gasteiger partial charge in [-0.1, -0.05) is 45.9 Å². The van der Waals surface area contributed by atoms with Gasteiger partial charge in [0.15, 0.2) is 18.2 Å². The van der Waals surface area contributed by atoms with E-state index >= 15 is 0 Å². The number of Topliss-reactive ketones (excluding diaryl/α,β-unsaturated/α-hetero) is 2. The number of ketones is 2. The van der Waals surface area contributed by atoms with Crippen LogP contribution in [0.3, 0.4) is 0 Å². The third-order valence-corrected chi connectivity index (χ3v) is 12.5. The van der Waals surface area contributed by atoms with Crippen LogP contribution in [-0.2, 0) is 44.5 Å². The Bertz CT molecular complexity index is 1700. The molecule has 56 heavy (non-hydrogen) atoms. The molecule has 1 aromatic carbocycles. The van der Waals surface area contributed by atoms with Gasteiger partial charge in [-0.05, 0) is 91.1 Å². The molecule has 0 aliphatic carbocycles. The van der Waals surface area contributed by atoms with Gasteiger partial charge in [-0.2, -0.15) is 0 Å². The minimum absolute atomic E-state index is 0.130. The number of aliphatic hydroxyl groups is 1. The second-order valence-corrected chi connectivity index (χ2v) is 16.7. The highest BCUT2D eigenvalue weighted by atomic mass is 16.7. The van der Waals surface area contributed by atoms with Crippen molar-refractivity contribution in [2.45, 2.75) is 141 Å². The summed E-state index contributed by atoms with van der Waals surface area (Å²) >= 11 is 0. The van der Waals surface area contributed by atoms with Gasteiger partial charge in [-0.3, -0.25) is 19.4 Å². The number of esters is 1. The third kappa shape index (κ3) is 9.12. The Morgan fingerprint density at radius 1 is 0.982 bits per heavy atom. The lowest BCUT2D eigenvalue weighted by molar-refractivity contribution is -0.295. The molecule has 0 bridgehead atoms. The topological polar surface area (TPSA) is 154 Å². The number of fused-ring (bicyclic) bond motifs is 2. The molecule has 5 rings (SSSR count). The number of rotatable bonds is 10. The van der Waals surface area contributed by atoms with E-state index in [-0.39, 0.29) is 24.3 Å². The number of methoxy groups -OCH3 is 1. The summed E-state index contributed by atoms with van der Waals surface area (Å²) in [4.78, 5) is 64.3. The SMILES string of the molecule is CC[C@H]1OC(=O)[C@H](C)C(=O)[C@H](C)[C@@H](O[C@@H]2O[C@H](C)C[C@H](N(C)C)[C@H]2O)[C@@](C)(OC)C[C@@H](C)C(=O)[C@H](C)C2[C@@H]1OC(=O)N2CCCCc1ccnc2ccccc12. The fourth-order valence-electron chi connectivity index (χ4n) is 9.14. The zero-order chi connectivity index (χ0) is 41.1. The number of amides is 1. The molecule has 0 saturated carbocycles. The average Bonchev–Trinajstić information content (AvgIpc) is 3.51. The molecule has 3 aliphatic rings. The molecule has 1 unspecified atom stereocenters. The van der Waals surface area contributed by atoms with Crippen LogP contribution in [0.4, 0.5) is 4.79 Å². The monoisotopic (exact) mass is 781 g/mol. The predicted molar refractivity (Wildman–Crippen MR) is 210 cm³/mol. The van der Waals surface area contributed by atoms with E-state index in [9.17, 15) is 24.3 Å². The van der Waals surface area contributed by atoms with E-state index in [4.69, 9.17) is 23.7 Å². The van der Waals surface area contributed by atoms with Gasteiger partial charge < -0.3 is 38.6 Å². The molecule has 0 radical (unpaired) electrons. The Labute approximate surface area is 331 Å². The zero-order valence-electron chi connectivity index (χ0n) is 34.8. The van der Waals surface area contributed by atoms with Crippen LogP contribution in [0.15, 0.2) is 36.5 Å². The van der Waals surface area contributed by atoms with Crippen molar-refractivity contribution in [2.75, 3.05) is 27.7 Å². The molecule has 3 fully saturated rings. The average molecular weight is 782 g/mol. The number of hydrogen-bond acceptors (Lipinski definition) is 12. The van der Waals surface area contributed by atoms with Gasteiger partial charge in [0, 0.05) is 49.0 Å². The number of aromatic nitrogens is 1. The highest BCUT2D eigenvalue weighted by Crippen LogP contribution is 2.39. The molecule has 4 heterocycles. The molecule has 0 spiro atoms. The van der Waals surface area contributed by atoms with Crippen LogP contribution in [0, 0.1) is 23.7 Å². The number of unbranched alkanes of at least 4 members (excludes halogenated alkanes) is 1. The van der Waals surface area contributed by atoms with Crippen molar-refractivity contribution in [1.29, 1.82) is 0 Å². The first-order valence-electron chi connectivity index (χ1n) is 20.3. The number of carbonyl (C=O) groups excluding carboxylic acids is 4. The number of likely N-dealkylation sites (N-methyl/N-ethyl adjacent to an activating group) is 1. The van der Waals surface area contributed by atoms with Gasteiger partial charge in [-0.15, -0.1) is 0 Å². The lowest BCUT2D eigenvalue weighted by Crippen LogP contribution is -2.59. The van der Waals surface area contributed by atoms with Gasteiger partial charge in [-0.25, -0.2) is 4.79 Å². The van der Waals surface area contributed by atoms with Crippen LogP contribution in [0.2, 0.25) is 0 Å². The number of ether oxygens (including phenoxy) is 5. The number of aliphatic hydroxyl groups excluding tert-OH is 1. The minimum atomic E-state index is -1.25. The molecule has 1 aromatic heterocycles. The molecule has 3 aliphatic heterocycles. The molecular formula is C43H63N3O10. The van der Waals surface area contributed by atoms with Crippen LogP contribution < -0.4 is 0 Å². The van der Waals surface area contributed by atoms with Crippen LogP contribution in [0.5, 0.6) is 0 Å². The first kappa shape index (κ1) is 43.6. The molecule has 13 heteroatoms. The Morgan fingerprint density at radius 3 is 2.38 bits per heavy atom. The smallest absolute Gasteiger partial charge is 0.410 e. The Balaban J connectivity index is 1.44. The summed E-state index contributed by atoms with van der Waals surface area (Å²) in [6.07, 6.45) is -0.783. The predicted octanol–water partition coefficient (Wildman–Crippen LogP) is 5.37. The van der Waals surface area contributed by atoms with E-state index in [0.29, 0.717) is 25.8 Å². The second-order valence-electron chi connectivity index (χ2n) is 16.7. The van der Waals surface area contributed by atoms with Crippen molar-refractivity contribution in [3.05, 3.63) is 42.1 Å². The van der Waals surface area contributed by atoms with Crippen molar-refractivity contribution in [2.24, 2.45) is 23.7 Å². The molecule has 13 atom stereocenters. The number of pyridine rings is 1. The number of carbonyl (C=O) groups is 4. The maximum atomic E-state index is 14.6. The van der Waals surface area contributed by atoms with E-state index in [1.807, 2.05) is 70.2 Å². The Morgan fingerprint density at radius 2 is 1.70 bits per heavy atom. The quantitative estimate of drug-likeness (QED) is 0.187. The standard InChI is InChI=1S/C43H63N3O10/c1-11-33-38-34(46(42(51)55-38)21-15-14-16-29-19-20-44-31-18-13-12-17-30(29)31)26(4)35(47)24(2)23-43(7,52-10)39(27(5)36(48)28(6)40(50)54-33)56-41-37(49)32(45(8)9)22-25(3)53-41/h12-13,17-20,24-28,32-34,37-39,41,49H,11,14-16,21-23H2,1-10H3/t24-,25-,26-,27+,28-,32+,33-,34?,37-,38-,39-,41+,43+/m1/s1. The maximum absolute atomic E-state index is 14.6. The van der Waals surface area contributed by atoms with Crippen molar-refractivity contribution in [3.8, 4) is 0 Å². The second kappa shape index (κ2) is 18.4. The van der Waals surface area contributed by atoms with Gasteiger partial charge in [0.25, 0.3) is 0 Å². The molecule has 3 saturated heterocycles. The van der Waals surface area contributed by atoms with E-state index in [1.165, 1.54) is 19.6 Å². The van der Waals surface area contributed by atoms with Crippen LogP contribution >= 0.6 is 0 Å². The summed E-state index contributed by atoms with van der Waals surface area (Å²) in [5.74, 6) is -4.80. The highest BCUT2D eigenvalue weighted by Gasteiger charge is 2.54. The van der Waals surface area contributed by atoms with Crippen LogP contribution in [0.25, 0.3) is 10.9 Å². The molecule has 13 nitrogen and oxygen atoms in total. The van der Waals surface area contributed by atoms with Crippen LogP contribution in [-0.4, -0.2) is 126 Å². The summed E-state index contributed by atoms with van der Waals surface area (Å²) in [5, 5.41) is 12.5. The lowest BCUT2D eigenvalue weighted by atomic mass is 9.75. The van der Waals surface area contributed by atoms with Crippen molar-refractivity contribution in [3.63, 3.8) is 0 Å². The molecule has 2 aromatic rings. The summed E-state index contributed by atoms with van der Waals surface area (Å²) in [6.45, 7) is 12.6. The van der Waals surface area contributed by atoms with Gasteiger partial charge in [0.1, 0.15) is 23.9 Å². The Hall–Kier alpha value is -3.49. The number of nitrogens with zero attached hydrogens (tertiary/aromatic N) is 3. The van der Waals surface area contributed by atoms with Gasteiger partial charge >= 0.3 is 12.1 Å². The maximum Gasteiger partial charge on any atom is 0.410 e. The van der Waals surface area contributed by atoms with E-state index < -0.39 is 83.9 Å². The van der Waals surface area contributed by atoms with E-state index in [2.05, 4.69) is 11.1 Å². The van der Waals surface area contributed by atoms with Crippen molar-refractivity contribution < 1.29 is 48.0 Å². The lowest BCUT2D eigenvalue weighted by Gasteiger charge is -2.47.